The zero-order valence-corrected chi connectivity index (χ0v) is 16.9. The first-order valence-electron chi connectivity index (χ1n) is 8.67. The maximum atomic E-state index is 12.1. The lowest BCUT2D eigenvalue weighted by Gasteiger charge is -2.07. The summed E-state index contributed by atoms with van der Waals surface area (Å²) in [4.78, 5) is 22.4. The number of halogens is 2. The maximum absolute atomic E-state index is 12.1. The molecule has 1 amide bonds. The summed E-state index contributed by atoms with van der Waals surface area (Å²) < 4.78 is 5.70. The van der Waals surface area contributed by atoms with Crippen molar-refractivity contribution >= 4 is 41.0 Å². The molecule has 0 atom stereocenters. The normalized spacial score (nSPS) is 10.7. The molecule has 0 aromatic heterocycles. The van der Waals surface area contributed by atoms with E-state index in [1.165, 1.54) is 18.3 Å². The molecule has 0 spiro atoms. The third-order valence-corrected chi connectivity index (χ3v) is 4.71. The largest absolute Gasteiger partial charge is 0.489 e. The number of benzene rings is 3. The molecule has 0 fully saturated rings. The van der Waals surface area contributed by atoms with Gasteiger partial charge in [-0.3, -0.25) is 14.9 Å². The van der Waals surface area contributed by atoms with Crippen LogP contribution >= 0.6 is 23.2 Å². The van der Waals surface area contributed by atoms with Crippen molar-refractivity contribution in [3.63, 3.8) is 0 Å². The van der Waals surface area contributed by atoms with Crippen LogP contribution in [-0.2, 0) is 6.61 Å². The van der Waals surface area contributed by atoms with Crippen molar-refractivity contribution in [2.24, 2.45) is 5.10 Å². The van der Waals surface area contributed by atoms with E-state index in [1.807, 2.05) is 18.2 Å². The van der Waals surface area contributed by atoms with Crippen molar-refractivity contribution in [3.05, 3.63) is 104 Å². The zero-order chi connectivity index (χ0) is 21.5. The summed E-state index contributed by atoms with van der Waals surface area (Å²) in [5, 5.41) is 15.4. The average molecular weight is 444 g/mol. The van der Waals surface area contributed by atoms with Crippen molar-refractivity contribution in [1.82, 2.24) is 5.43 Å². The van der Waals surface area contributed by atoms with Gasteiger partial charge in [-0.1, -0.05) is 41.4 Å². The molecular weight excluding hydrogens is 429 g/mol. The number of hydrogen-bond acceptors (Lipinski definition) is 5. The number of carbonyl (C=O) groups is 1. The van der Waals surface area contributed by atoms with E-state index in [1.54, 1.807) is 30.3 Å². The molecule has 3 rings (SSSR count). The molecule has 30 heavy (non-hydrogen) atoms. The van der Waals surface area contributed by atoms with E-state index in [2.05, 4.69) is 10.5 Å². The van der Waals surface area contributed by atoms with Crippen molar-refractivity contribution in [1.29, 1.82) is 0 Å². The van der Waals surface area contributed by atoms with Gasteiger partial charge in [-0.15, -0.1) is 0 Å². The lowest BCUT2D eigenvalue weighted by Crippen LogP contribution is -2.17. The molecule has 0 unspecified atom stereocenters. The molecule has 0 radical (unpaired) electrons. The maximum Gasteiger partial charge on any atom is 0.288 e. The van der Waals surface area contributed by atoms with Gasteiger partial charge >= 0.3 is 0 Å². The van der Waals surface area contributed by atoms with E-state index in [-0.39, 0.29) is 16.3 Å². The molecule has 0 aliphatic rings. The topological polar surface area (TPSA) is 93.8 Å². The monoisotopic (exact) mass is 443 g/mol. The van der Waals surface area contributed by atoms with E-state index < -0.39 is 10.8 Å². The first-order chi connectivity index (χ1) is 14.4. The average Bonchev–Trinajstić information content (AvgIpc) is 2.74. The second kappa shape index (κ2) is 9.87. The zero-order valence-electron chi connectivity index (χ0n) is 15.4. The summed E-state index contributed by atoms with van der Waals surface area (Å²) in [5.41, 5.74) is 3.66. The van der Waals surface area contributed by atoms with Crippen LogP contribution in [0.1, 0.15) is 21.5 Å². The standard InChI is InChI=1S/C21H15Cl2N3O4/c22-18-4-2-1-3-16(18)13-30-17-8-5-14(6-9-17)12-24-25-21(27)15-7-10-19(23)20(11-15)26(28)29/h1-12H,13H2,(H,25,27)/b24-12+. The second-order valence-corrected chi connectivity index (χ2v) is 6.89. The molecule has 3 aromatic carbocycles. The van der Waals surface area contributed by atoms with Crippen molar-refractivity contribution in [3.8, 4) is 5.75 Å². The Morgan fingerprint density at radius 1 is 1.07 bits per heavy atom. The third kappa shape index (κ3) is 5.56. The summed E-state index contributed by atoms with van der Waals surface area (Å²) in [6.45, 7) is 0.344. The van der Waals surface area contributed by atoms with Crippen LogP contribution in [0.25, 0.3) is 0 Å². The Balaban J connectivity index is 1.56. The molecule has 3 aromatic rings. The first-order valence-corrected chi connectivity index (χ1v) is 9.43. The molecule has 0 aliphatic carbocycles. The highest BCUT2D eigenvalue weighted by Gasteiger charge is 2.15. The van der Waals surface area contributed by atoms with Gasteiger partial charge in [0, 0.05) is 22.2 Å². The molecule has 0 aliphatic heterocycles. The van der Waals surface area contributed by atoms with Gasteiger partial charge in [-0.05, 0) is 48.0 Å². The molecule has 0 heterocycles. The summed E-state index contributed by atoms with van der Waals surface area (Å²) in [6, 6.07) is 18.3. The number of nitrogens with zero attached hydrogens (tertiary/aromatic N) is 2. The Morgan fingerprint density at radius 2 is 1.80 bits per heavy atom. The number of hydrogen-bond donors (Lipinski definition) is 1. The Bertz CT molecular complexity index is 1100. The molecule has 152 valence electrons. The van der Waals surface area contributed by atoms with Crippen LogP contribution in [0.5, 0.6) is 5.75 Å². The summed E-state index contributed by atoms with van der Waals surface area (Å²) >= 11 is 11.8. The molecule has 7 nitrogen and oxygen atoms in total. The quantitative estimate of drug-likeness (QED) is 0.306. The number of carbonyl (C=O) groups excluding carboxylic acids is 1. The predicted molar refractivity (Wildman–Crippen MR) is 115 cm³/mol. The molecule has 9 heteroatoms. The van der Waals surface area contributed by atoms with Crippen LogP contribution in [0.15, 0.2) is 71.8 Å². The van der Waals surface area contributed by atoms with Gasteiger partial charge in [0.05, 0.1) is 11.1 Å². The number of nitrogens with one attached hydrogen (secondary N) is 1. The van der Waals surface area contributed by atoms with Crippen molar-refractivity contribution < 1.29 is 14.5 Å². The molecule has 0 saturated carbocycles. The van der Waals surface area contributed by atoms with Crippen molar-refractivity contribution in [2.45, 2.75) is 6.61 Å². The van der Waals surface area contributed by atoms with Crippen LogP contribution in [0, 0.1) is 10.1 Å². The van der Waals surface area contributed by atoms with E-state index in [9.17, 15) is 14.9 Å². The number of rotatable bonds is 7. The SMILES string of the molecule is O=C(N/N=C/c1ccc(OCc2ccccc2Cl)cc1)c1ccc(Cl)c([N+](=O)[O-])c1. The van der Waals surface area contributed by atoms with E-state index >= 15 is 0 Å². The van der Waals surface area contributed by atoms with Gasteiger partial charge < -0.3 is 4.74 Å². The number of amides is 1. The second-order valence-electron chi connectivity index (χ2n) is 6.07. The van der Waals surface area contributed by atoms with Gasteiger partial charge in [-0.25, -0.2) is 5.43 Å². The number of ether oxygens (including phenoxy) is 1. The summed E-state index contributed by atoms with van der Waals surface area (Å²) in [5.74, 6) is 0.0651. The number of hydrazone groups is 1. The predicted octanol–water partition coefficient (Wildman–Crippen LogP) is 5.24. The van der Waals surface area contributed by atoms with Gasteiger partial charge in [0.1, 0.15) is 17.4 Å². The summed E-state index contributed by atoms with van der Waals surface area (Å²) in [7, 11) is 0. The summed E-state index contributed by atoms with van der Waals surface area (Å²) in [6.07, 6.45) is 1.44. The van der Waals surface area contributed by atoms with Gasteiger partial charge in [0.2, 0.25) is 0 Å². The molecule has 1 N–H and O–H groups in total. The third-order valence-electron chi connectivity index (χ3n) is 4.02. The molecule has 0 bridgehead atoms. The fraction of sp³-hybridized carbons (Fsp3) is 0.0476. The molecule has 0 saturated heterocycles. The van der Waals surface area contributed by atoms with Crippen molar-refractivity contribution in [2.75, 3.05) is 0 Å². The smallest absolute Gasteiger partial charge is 0.288 e. The lowest BCUT2D eigenvalue weighted by molar-refractivity contribution is -0.384. The van der Waals surface area contributed by atoms with E-state index in [4.69, 9.17) is 27.9 Å². The Labute approximate surface area is 182 Å². The highest BCUT2D eigenvalue weighted by atomic mass is 35.5. The highest BCUT2D eigenvalue weighted by Crippen LogP contribution is 2.25. The van der Waals surface area contributed by atoms with Gasteiger partial charge in [0.15, 0.2) is 0 Å². The number of nitro benzene ring substituents is 1. The minimum Gasteiger partial charge on any atom is -0.489 e. The Morgan fingerprint density at radius 3 is 2.50 bits per heavy atom. The van der Waals surface area contributed by atoms with E-state index in [0.717, 1.165) is 17.2 Å². The lowest BCUT2D eigenvalue weighted by atomic mass is 10.2. The van der Waals surface area contributed by atoms with Crippen LogP contribution in [-0.4, -0.2) is 17.0 Å². The van der Waals surface area contributed by atoms with Crippen LogP contribution in [0.4, 0.5) is 5.69 Å². The van der Waals surface area contributed by atoms with Gasteiger partial charge in [-0.2, -0.15) is 5.10 Å². The fourth-order valence-electron chi connectivity index (χ4n) is 2.45. The van der Waals surface area contributed by atoms with Crippen LogP contribution in [0.2, 0.25) is 10.0 Å². The highest BCUT2D eigenvalue weighted by molar-refractivity contribution is 6.32. The molecular formula is C21H15Cl2N3O4. The fourth-order valence-corrected chi connectivity index (χ4v) is 2.83. The van der Waals surface area contributed by atoms with Crippen LogP contribution in [0.3, 0.4) is 0 Å². The van der Waals surface area contributed by atoms with E-state index in [0.29, 0.717) is 17.4 Å². The van der Waals surface area contributed by atoms with Gasteiger partial charge in [0.25, 0.3) is 11.6 Å². The number of nitro groups is 1. The van der Waals surface area contributed by atoms with Crippen LogP contribution < -0.4 is 10.2 Å². The Kier molecular flexibility index (Phi) is 7.00. The minimum absolute atomic E-state index is 0.0445. The Hall–Kier alpha value is -3.42. The minimum atomic E-state index is -0.655. The first kappa shape index (κ1) is 21.3.